The van der Waals surface area contributed by atoms with E-state index in [0.29, 0.717) is 5.69 Å². The first kappa shape index (κ1) is 10.7. The summed E-state index contributed by atoms with van der Waals surface area (Å²) in [5.41, 5.74) is 1.80. The molecular weight excluding hydrogens is 179 g/mol. The van der Waals surface area contributed by atoms with Crippen LogP contribution in [0.25, 0.3) is 0 Å². The molecule has 0 saturated carbocycles. The van der Waals surface area contributed by atoms with Gasteiger partial charge in [0.15, 0.2) is 5.82 Å². The number of allylic oxidation sites excluding steroid dienone is 1. The van der Waals surface area contributed by atoms with Crippen molar-refractivity contribution >= 4 is 5.69 Å². The van der Waals surface area contributed by atoms with Crippen LogP contribution in [-0.4, -0.2) is 11.5 Å². The van der Waals surface area contributed by atoms with E-state index in [-0.39, 0.29) is 5.82 Å². The van der Waals surface area contributed by atoms with E-state index in [1.165, 1.54) is 11.8 Å². The van der Waals surface area contributed by atoms with Crippen LogP contribution in [0.15, 0.2) is 30.1 Å². The average Bonchev–Trinajstić information content (AvgIpc) is 2.15. The van der Waals surface area contributed by atoms with Crippen LogP contribution in [0.1, 0.15) is 20.3 Å². The fraction of sp³-hybridized carbons (Fsp3) is 0.364. The van der Waals surface area contributed by atoms with Crippen molar-refractivity contribution in [1.82, 2.24) is 4.98 Å². The predicted molar refractivity (Wildman–Crippen MR) is 56.7 cm³/mol. The molecule has 1 rings (SSSR count). The lowest BCUT2D eigenvalue weighted by molar-refractivity contribution is 0.624. The molecule has 0 atom stereocenters. The first-order valence-electron chi connectivity index (χ1n) is 4.67. The van der Waals surface area contributed by atoms with Crippen molar-refractivity contribution in [2.45, 2.75) is 20.3 Å². The van der Waals surface area contributed by atoms with Crippen molar-refractivity contribution in [2.24, 2.45) is 0 Å². The van der Waals surface area contributed by atoms with E-state index in [9.17, 15) is 4.39 Å². The zero-order valence-corrected chi connectivity index (χ0v) is 8.55. The molecule has 2 nitrogen and oxygen atoms in total. The fourth-order valence-electron chi connectivity index (χ4n) is 1.09. The Morgan fingerprint density at radius 1 is 1.57 bits per heavy atom. The monoisotopic (exact) mass is 194 g/mol. The van der Waals surface area contributed by atoms with Crippen molar-refractivity contribution < 1.29 is 4.39 Å². The number of hydrogen-bond donors (Lipinski definition) is 1. The van der Waals surface area contributed by atoms with Crippen molar-refractivity contribution in [1.29, 1.82) is 0 Å². The molecule has 0 radical (unpaired) electrons. The maximum atomic E-state index is 13.0. The molecule has 1 aromatic rings. The molecule has 0 aliphatic carbocycles. The highest BCUT2D eigenvalue weighted by atomic mass is 19.1. The van der Waals surface area contributed by atoms with Gasteiger partial charge in [0, 0.05) is 12.7 Å². The molecule has 0 saturated heterocycles. The van der Waals surface area contributed by atoms with Crippen molar-refractivity contribution in [3.63, 3.8) is 0 Å². The van der Waals surface area contributed by atoms with Crippen LogP contribution >= 0.6 is 0 Å². The molecule has 0 aromatic carbocycles. The van der Waals surface area contributed by atoms with Crippen LogP contribution in [0.5, 0.6) is 0 Å². The normalized spacial score (nSPS) is 9.64. The number of anilines is 1. The van der Waals surface area contributed by atoms with Crippen LogP contribution in [0, 0.1) is 5.82 Å². The molecule has 0 fully saturated rings. The number of rotatable bonds is 4. The standard InChI is InChI=1S/C11H15FN2/c1-9(2)4-3-6-14-11-5-7-13-8-10(11)12/h4-5,7-8H,3,6H2,1-2H3,(H,13,14). The first-order chi connectivity index (χ1) is 6.70. The molecule has 76 valence electrons. The summed E-state index contributed by atoms with van der Waals surface area (Å²) in [4.78, 5) is 3.67. The molecule has 0 amide bonds. The second kappa shape index (κ2) is 5.37. The van der Waals surface area contributed by atoms with E-state index < -0.39 is 0 Å². The zero-order valence-electron chi connectivity index (χ0n) is 8.55. The number of halogens is 1. The molecular formula is C11H15FN2. The van der Waals surface area contributed by atoms with E-state index in [0.717, 1.165) is 13.0 Å². The Hall–Kier alpha value is -1.38. The van der Waals surface area contributed by atoms with Gasteiger partial charge in [-0.15, -0.1) is 0 Å². The van der Waals surface area contributed by atoms with Crippen LogP contribution in [0.2, 0.25) is 0 Å². The summed E-state index contributed by atoms with van der Waals surface area (Å²) in [6.45, 7) is 4.84. The SMILES string of the molecule is CC(C)=CCCNc1ccncc1F. The average molecular weight is 194 g/mol. The van der Waals surface area contributed by atoms with E-state index >= 15 is 0 Å². The fourth-order valence-corrected chi connectivity index (χ4v) is 1.09. The van der Waals surface area contributed by atoms with Gasteiger partial charge in [-0.3, -0.25) is 4.98 Å². The number of nitrogens with zero attached hydrogens (tertiary/aromatic N) is 1. The Morgan fingerprint density at radius 3 is 3.00 bits per heavy atom. The molecule has 0 spiro atoms. The molecule has 0 unspecified atom stereocenters. The molecule has 0 aliphatic heterocycles. The van der Waals surface area contributed by atoms with Crippen LogP contribution < -0.4 is 5.32 Å². The summed E-state index contributed by atoms with van der Waals surface area (Å²) in [5, 5.41) is 3.01. The Morgan fingerprint density at radius 2 is 2.36 bits per heavy atom. The zero-order chi connectivity index (χ0) is 10.4. The lowest BCUT2D eigenvalue weighted by Crippen LogP contribution is -2.02. The summed E-state index contributed by atoms with van der Waals surface area (Å²) < 4.78 is 13.0. The molecule has 0 bridgehead atoms. The van der Waals surface area contributed by atoms with Crippen molar-refractivity contribution in [3.8, 4) is 0 Å². The van der Waals surface area contributed by atoms with Gasteiger partial charge >= 0.3 is 0 Å². The Kier molecular flexibility index (Phi) is 4.11. The third-order valence-electron chi connectivity index (χ3n) is 1.78. The Bertz CT molecular complexity index is 317. The maximum absolute atomic E-state index is 13.0. The third kappa shape index (κ3) is 3.56. The maximum Gasteiger partial charge on any atom is 0.164 e. The highest BCUT2D eigenvalue weighted by Crippen LogP contribution is 2.10. The van der Waals surface area contributed by atoms with Gasteiger partial charge in [-0.1, -0.05) is 11.6 Å². The smallest absolute Gasteiger partial charge is 0.164 e. The number of hydrogen-bond acceptors (Lipinski definition) is 2. The Labute approximate surface area is 83.9 Å². The minimum Gasteiger partial charge on any atom is -0.382 e. The highest BCUT2D eigenvalue weighted by Gasteiger charge is 1.97. The summed E-state index contributed by atoms with van der Waals surface area (Å²) in [6.07, 6.45) is 5.81. The Balaban J connectivity index is 2.39. The summed E-state index contributed by atoms with van der Waals surface area (Å²) >= 11 is 0. The molecule has 3 heteroatoms. The number of pyridine rings is 1. The minimum absolute atomic E-state index is 0.301. The van der Waals surface area contributed by atoms with Gasteiger partial charge in [-0.2, -0.15) is 0 Å². The van der Waals surface area contributed by atoms with E-state index in [4.69, 9.17) is 0 Å². The van der Waals surface area contributed by atoms with Crippen molar-refractivity contribution in [2.75, 3.05) is 11.9 Å². The summed E-state index contributed by atoms with van der Waals surface area (Å²) in [6, 6.07) is 1.64. The number of aromatic nitrogens is 1. The van der Waals surface area contributed by atoms with Gasteiger partial charge in [0.05, 0.1) is 11.9 Å². The highest BCUT2D eigenvalue weighted by molar-refractivity contribution is 5.42. The van der Waals surface area contributed by atoms with Gasteiger partial charge in [-0.25, -0.2) is 4.39 Å². The first-order valence-corrected chi connectivity index (χ1v) is 4.67. The molecule has 1 aromatic heterocycles. The van der Waals surface area contributed by atoms with Crippen LogP contribution in [-0.2, 0) is 0 Å². The summed E-state index contributed by atoms with van der Waals surface area (Å²) in [5.74, 6) is -0.301. The number of nitrogens with one attached hydrogen (secondary N) is 1. The van der Waals surface area contributed by atoms with Crippen LogP contribution in [0.3, 0.4) is 0 Å². The van der Waals surface area contributed by atoms with Gasteiger partial charge < -0.3 is 5.32 Å². The van der Waals surface area contributed by atoms with E-state index in [1.54, 1.807) is 12.3 Å². The van der Waals surface area contributed by atoms with E-state index in [1.807, 2.05) is 13.8 Å². The lowest BCUT2D eigenvalue weighted by Gasteiger charge is -2.04. The second-order valence-corrected chi connectivity index (χ2v) is 3.35. The largest absolute Gasteiger partial charge is 0.382 e. The molecule has 14 heavy (non-hydrogen) atoms. The van der Waals surface area contributed by atoms with E-state index in [2.05, 4.69) is 16.4 Å². The third-order valence-corrected chi connectivity index (χ3v) is 1.78. The molecule has 1 N–H and O–H groups in total. The topological polar surface area (TPSA) is 24.9 Å². The van der Waals surface area contributed by atoms with Gasteiger partial charge in [0.1, 0.15) is 0 Å². The van der Waals surface area contributed by atoms with Gasteiger partial charge in [0.25, 0.3) is 0 Å². The van der Waals surface area contributed by atoms with Gasteiger partial charge in [0.2, 0.25) is 0 Å². The van der Waals surface area contributed by atoms with Gasteiger partial charge in [-0.05, 0) is 26.3 Å². The molecule has 1 heterocycles. The molecule has 0 aliphatic rings. The predicted octanol–water partition coefficient (Wildman–Crippen LogP) is 2.99. The summed E-state index contributed by atoms with van der Waals surface area (Å²) in [7, 11) is 0. The quantitative estimate of drug-likeness (QED) is 0.588. The lowest BCUT2D eigenvalue weighted by atomic mass is 10.2. The van der Waals surface area contributed by atoms with Crippen LogP contribution in [0.4, 0.5) is 10.1 Å². The van der Waals surface area contributed by atoms with Crippen molar-refractivity contribution in [3.05, 3.63) is 35.9 Å². The minimum atomic E-state index is -0.301. The second-order valence-electron chi connectivity index (χ2n) is 3.35.